The lowest BCUT2D eigenvalue weighted by atomic mass is 10.3. The Bertz CT molecular complexity index is 108. The van der Waals surface area contributed by atoms with Gasteiger partial charge in [0, 0.05) is 18.1 Å². The number of rotatable bonds is 4. The van der Waals surface area contributed by atoms with Crippen molar-refractivity contribution < 1.29 is 4.74 Å². The maximum absolute atomic E-state index is 5.30. The van der Waals surface area contributed by atoms with E-state index in [0.717, 1.165) is 5.25 Å². The summed E-state index contributed by atoms with van der Waals surface area (Å²) in [6, 6.07) is 0. The highest BCUT2D eigenvalue weighted by molar-refractivity contribution is 8.76. The molecule has 0 amide bonds. The topological polar surface area (TPSA) is 9.23 Å². The van der Waals surface area contributed by atoms with Crippen LogP contribution >= 0.6 is 21.6 Å². The number of ether oxygens (including phenoxy) is 1. The van der Waals surface area contributed by atoms with Gasteiger partial charge in [-0.05, 0) is 19.3 Å². The maximum Gasteiger partial charge on any atom is 0.0582 e. The quantitative estimate of drug-likeness (QED) is 0.634. The zero-order valence-electron chi connectivity index (χ0n) is 7.21. The van der Waals surface area contributed by atoms with Crippen LogP contribution in [-0.2, 0) is 4.74 Å². The molecule has 1 aliphatic carbocycles. The second kappa shape index (κ2) is 5.33. The van der Waals surface area contributed by atoms with E-state index in [0.29, 0.717) is 6.10 Å². The van der Waals surface area contributed by atoms with Gasteiger partial charge in [-0.25, -0.2) is 0 Å². The second-order valence-electron chi connectivity index (χ2n) is 2.80. The second-order valence-corrected chi connectivity index (χ2v) is 5.75. The van der Waals surface area contributed by atoms with Crippen molar-refractivity contribution in [3.8, 4) is 0 Å². The third-order valence-electron chi connectivity index (χ3n) is 1.99. The molecule has 0 N–H and O–H groups in total. The summed E-state index contributed by atoms with van der Waals surface area (Å²) < 4.78 is 5.30. The minimum Gasteiger partial charge on any atom is -0.381 e. The first-order chi connectivity index (χ1) is 5.36. The minimum atomic E-state index is 0.546. The molecule has 0 bridgehead atoms. The molecule has 1 aliphatic rings. The maximum atomic E-state index is 5.30. The molecule has 66 valence electrons. The number of hydrogen-bond donors (Lipinski definition) is 0. The van der Waals surface area contributed by atoms with Crippen LogP contribution in [0.2, 0.25) is 0 Å². The molecule has 0 heterocycles. The molecule has 1 rings (SSSR count). The van der Waals surface area contributed by atoms with Crippen molar-refractivity contribution in [3.05, 3.63) is 0 Å². The molecule has 11 heavy (non-hydrogen) atoms. The van der Waals surface area contributed by atoms with Crippen LogP contribution in [0, 0.1) is 0 Å². The molecule has 0 aromatic carbocycles. The van der Waals surface area contributed by atoms with Crippen molar-refractivity contribution >= 4 is 21.6 Å². The van der Waals surface area contributed by atoms with Gasteiger partial charge in [0.2, 0.25) is 0 Å². The Morgan fingerprint density at radius 3 is 2.82 bits per heavy atom. The Hall–Kier alpha value is 0.660. The standard InChI is InChI=1S/C8H16OS2/c1-3-10-11-8-5-4-7(6-8)9-2/h7-8H,3-6H2,1-2H3. The zero-order valence-corrected chi connectivity index (χ0v) is 8.84. The molecular formula is C8H16OS2. The van der Waals surface area contributed by atoms with Crippen molar-refractivity contribution in [2.45, 2.75) is 37.5 Å². The van der Waals surface area contributed by atoms with E-state index in [2.05, 4.69) is 6.92 Å². The van der Waals surface area contributed by atoms with Crippen LogP contribution in [0.5, 0.6) is 0 Å². The van der Waals surface area contributed by atoms with Crippen LogP contribution in [0.1, 0.15) is 26.2 Å². The van der Waals surface area contributed by atoms with E-state index in [-0.39, 0.29) is 0 Å². The fourth-order valence-corrected chi connectivity index (χ4v) is 3.73. The SMILES string of the molecule is CCSSC1CCC(OC)C1. The van der Waals surface area contributed by atoms with E-state index in [4.69, 9.17) is 4.74 Å². The van der Waals surface area contributed by atoms with Gasteiger partial charge in [-0.1, -0.05) is 28.5 Å². The summed E-state index contributed by atoms with van der Waals surface area (Å²) in [5, 5.41) is 0.852. The average molecular weight is 192 g/mol. The van der Waals surface area contributed by atoms with E-state index in [1.54, 1.807) is 0 Å². The third kappa shape index (κ3) is 3.26. The van der Waals surface area contributed by atoms with E-state index >= 15 is 0 Å². The molecule has 0 saturated heterocycles. The predicted molar refractivity (Wildman–Crippen MR) is 54.2 cm³/mol. The molecule has 0 aromatic heterocycles. The van der Waals surface area contributed by atoms with Gasteiger partial charge in [-0.3, -0.25) is 0 Å². The van der Waals surface area contributed by atoms with Crippen LogP contribution in [0.4, 0.5) is 0 Å². The molecule has 1 saturated carbocycles. The van der Waals surface area contributed by atoms with E-state index in [9.17, 15) is 0 Å². The molecule has 1 nitrogen and oxygen atoms in total. The summed E-state index contributed by atoms with van der Waals surface area (Å²) >= 11 is 0. The van der Waals surface area contributed by atoms with Gasteiger partial charge < -0.3 is 4.74 Å². The van der Waals surface area contributed by atoms with Crippen LogP contribution in [0.15, 0.2) is 0 Å². The summed E-state index contributed by atoms with van der Waals surface area (Å²) in [6.07, 6.45) is 4.41. The Morgan fingerprint density at radius 1 is 1.45 bits per heavy atom. The van der Waals surface area contributed by atoms with Crippen molar-refractivity contribution in [1.29, 1.82) is 0 Å². The van der Waals surface area contributed by atoms with E-state index in [1.807, 2.05) is 28.7 Å². The third-order valence-corrected chi connectivity index (χ3v) is 5.00. The van der Waals surface area contributed by atoms with Gasteiger partial charge in [0.05, 0.1) is 6.10 Å². The highest BCUT2D eigenvalue weighted by atomic mass is 33.1. The number of methoxy groups -OCH3 is 1. The lowest BCUT2D eigenvalue weighted by Gasteiger charge is -2.07. The highest BCUT2D eigenvalue weighted by Crippen LogP contribution is 2.37. The van der Waals surface area contributed by atoms with Gasteiger partial charge in [0.15, 0.2) is 0 Å². The minimum absolute atomic E-state index is 0.546. The van der Waals surface area contributed by atoms with Crippen molar-refractivity contribution in [2.24, 2.45) is 0 Å². The van der Waals surface area contributed by atoms with Crippen molar-refractivity contribution in [3.63, 3.8) is 0 Å². The smallest absolute Gasteiger partial charge is 0.0582 e. The highest BCUT2D eigenvalue weighted by Gasteiger charge is 2.24. The normalized spacial score (nSPS) is 31.1. The van der Waals surface area contributed by atoms with E-state index in [1.165, 1.54) is 25.0 Å². The van der Waals surface area contributed by atoms with Crippen molar-refractivity contribution in [2.75, 3.05) is 12.9 Å². The number of hydrogen-bond acceptors (Lipinski definition) is 3. The van der Waals surface area contributed by atoms with Gasteiger partial charge in [0.25, 0.3) is 0 Å². The van der Waals surface area contributed by atoms with Gasteiger partial charge >= 0.3 is 0 Å². The zero-order chi connectivity index (χ0) is 8.10. The van der Waals surface area contributed by atoms with Gasteiger partial charge in [0.1, 0.15) is 0 Å². The van der Waals surface area contributed by atoms with Crippen LogP contribution in [-0.4, -0.2) is 24.2 Å². The van der Waals surface area contributed by atoms with Crippen LogP contribution < -0.4 is 0 Å². The lowest BCUT2D eigenvalue weighted by Crippen LogP contribution is -2.04. The molecule has 0 spiro atoms. The Kier molecular flexibility index (Phi) is 4.72. The fraction of sp³-hybridized carbons (Fsp3) is 1.00. The first-order valence-corrected chi connectivity index (χ1v) is 6.56. The summed E-state index contributed by atoms with van der Waals surface area (Å²) in [6.45, 7) is 2.21. The first kappa shape index (κ1) is 9.75. The monoisotopic (exact) mass is 192 g/mol. The first-order valence-electron chi connectivity index (χ1n) is 4.18. The summed E-state index contributed by atoms with van der Waals surface area (Å²) in [5.41, 5.74) is 0. The summed E-state index contributed by atoms with van der Waals surface area (Å²) in [4.78, 5) is 0. The summed E-state index contributed by atoms with van der Waals surface area (Å²) in [7, 11) is 5.84. The largest absolute Gasteiger partial charge is 0.381 e. The Morgan fingerprint density at radius 2 is 2.27 bits per heavy atom. The van der Waals surface area contributed by atoms with Crippen LogP contribution in [0.3, 0.4) is 0 Å². The summed E-state index contributed by atoms with van der Waals surface area (Å²) in [5.74, 6) is 1.22. The molecule has 2 atom stereocenters. The van der Waals surface area contributed by atoms with Crippen molar-refractivity contribution in [1.82, 2.24) is 0 Å². The molecule has 0 radical (unpaired) electrons. The lowest BCUT2D eigenvalue weighted by molar-refractivity contribution is 0.109. The Balaban J connectivity index is 2.09. The molecule has 1 fully saturated rings. The molecule has 0 aromatic rings. The molecule has 3 heteroatoms. The molecular weight excluding hydrogens is 176 g/mol. The average Bonchev–Trinajstić information content (AvgIpc) is 2.48. The van der Waals surface area contributed by atoms with Crippen LogP contribution in [0.25, 0.3) is 0 Å². The van der Waals surface area contributed by atoms with Gasteiger partial charge in [-0.2, -0.15) is 0 Å². The molecule has 0 aliphatic heterocycles. The van der Waals surface area contributed by atoms with E-state index < -0.39 is 0 Å². The van der Waals surface area contributed by atoms with Gasteiger partial charge in [-0.15, -0.1) is 0 Å². The Labute approximate surface area is 77.0 Å². The molecule has 2 unspecified atom stereocenters. The fourth-order valence-electron chi connectivity index (χ4n) is 1.37. The predicted octanol–water partition coefficient (Wildman–Crippen LogP) is 2.96.